The third-order valence-corrected chi connectivity index (χ3v) is 6.68. The predicted octanol–water partition coefficient (Wildman–Crippen LogP) is 2.60. The van der Waals surface area contributed by atoms with Crippen molar-refractivity contribution in [2.24, 2.45) is 0 Å². The molecule has 17 heavy (non-hydrogen) atoms. The lowest BCUT2D eigenvalue weighted by molar-refractivity contribution is 0.246. The molecule has 0 aromatic carbocycles. The van der Waals surface area contributed by atoms with E-state index in [1.165, 1.54) is 6.07 Å². The molecule has 4 nitrogen and oxygen atoms in total. The topological polar surface area (TPSA) is 66.4 Å². The molecule has 1 aromatic heterocycles. The number of hydrogen-bond acceptors (Lipinski definition) is 4. The lowest BCUT2D eigenvalue weighted by atomic mass is 10.0. The number of thiophene rings is 1. The number of nitrogens with one attached hydrogen (secondary N) is 1. The Bertz CT molecular complexity index is 479. The first kappa shape index (κ1) is 15.4. The van der Waals surface area contributed by atoms with Gasteiger partial charge in [-0.3, -0.25) is 0 Å². The van der Waals surface area contributed by atoms with Gasteiger partial charge in [-0.15, -0.1) is 11.3 Å². The predicted molar refractivity (Wildman–Crippen MR) is 73.1 cm³/mol. The molecule has 0 saturated heterocycles. The van der Waals surface area contributed by atoms with E-state index < -0.39 is 15.6 Å². The Kier molecular flexibility index (Phi) is 5.02. The smallest absolute Gasteiger partial charge is 0.250 e. The minimum atomic E-state index is -3.60. The Morgan fingerprint density at radius 1 is 1.59 bits per heavy atom. The SMILES string of the molecule is CC(C)(CCO)NS(=O)(=O)c1cc(Cl)c(Br)s1. The van der Waals surface area contributed by atoms with Gasteiger partial charge in [0.1, 0.15) is 4.21 Å². The van der Waals surface area contributed by atoms with Crippen molar-refractivity contribution < 1.29 is 13.5 Å². The first-order valence-corrected chi connectivity index (χ1v) is 8.25. The van der Waals surface area contributed by atoms with Gasteiger partial charge in [0.05, 0.1) is 8.81 Å². The molecule has 0 unspecified atom stereocenters. The largest absolute Gasteiger partial charge is 0.396 e. The fraction of sp³-hybridized carbons (Fsp3) is 0.556. The molecule has 0 bridgehead atoms. The van der Waals surface area contributed by atoms with Crippen molar-refractivity contribution in [3.05, 3.63) is 14.9 Å². The molecule has 0 spiro atoms. The third kappa shape index (κ3) is 4.18. The average molecular weight is 363 g/mol. The van der Waals surface area contributed by atoms with Crippen LogP contribution in [0.15, 0.2) is 14.1 Å². The maximum absolute atomic E-state index is 12.0. The van der Waals surface area contributed by atoms with E-state index in [9.17, 15) is 8.42 Å². The number of aliphatic hydroxyl groups excluding tert-OH is 1. The second kappa shape index (κ2) is 5.54. The number of sulfonamides is 1. The Morgan fingerprint density at radius 2 is 2.18 bits per heavy atom. The average Bonchev–Trinajstić information content (AvgIpc) is 2.45. The molecule has 8 heteroatoms. The van der Waals surface area contributed by atoms with Crippen LogP contribution >= 0.6 is 38.9 Å². The van der Waals surface area contributed by atoms with Crippen LogP contribution in [0.3, 0.4) is 0 Å². The summed E-state index contributed by atoms with van der Waals surface area (Å²) < 4.78 is 27.3. The Labute approximate surface area is 118 Å². The maximum atomic E-state index is 12.0. The van der Waals surface area contributed by atoms with E-state index in [2.05, 4.69) is 20.7 Å². The van der Waals surface area contributed by atoms with Gasteiger partial charge >= 0.3 is 0 Å². The van der Waals surface area contributed by atoms with E-state index in [-0.39, 0.29) is 10.8 Å². The van der Waals surface area contributed by atoms with Crippen LogP contribution in [0.2, 0.25) is 5.02 Å². The van der Waals surface area contributed by atoms with Gasteiger partial charge in [0.2, 0.25) is 0 Å². The maximum Gasteiger partial charge on any atom is 0.250 e. The zero-order chi connectivity index (χ0) is 13.3. The summed E-state index contributed by atoms with van der Waals surface area (Å²) in [4.78, 5) is 0. The first-order chi connectivity index (χ1) is 7.68. The van der Waals surface area contributed by atoms with Crippen LogP contribution in [0.5, 0.6) is 0 Å². The molecule has 1 rings (SSSR count). The van der Waals surface area contributed by atoms with Crippen molar-refractivity contribution in [1.29, 1.82) is 0 Å². The van der Waals surface area contributed by atoms with Crippen LogP contribution in [-0.2, 0) is 10.0 Å². The van der Waals surface area contributed by atoms with E-state index in [4.69, 9.17) is 16.7 Å². The summed E-state index contributed by atoms with van der Waals surface area (Å²) in [5.74, 6) is 0. The van der Waals surface area contributed by atoms with Gasteiger partial charge in [-0.2, -0.15) is 0 Å². The highest BCUT2D eigenvalue weighted by molar-refractivity contribution is 9.11. The second-order valence-electron chi connectivity index (χ2n) is 4.15. The number of hydrogen-bond donors (Lipinski definition) is 2. The van der Waals surface area contributed by atoms with Gasteiger partial charge in [0.25, 0.3) is 10.0 Å². The van der Waals surface area contributed by atoms with Crippen molar-refractivity contribution in [3.8, 4) is 0 Å². The van der Waals surface area contributed by atoms with Crippen molar-refractivity contribution in [2.45, 2.75) is 30.0 Å². The van der Waals surface area contributed by atoms with Crippen LogP contribution in [0.4, 0.5) is 0 Å². The molecule has 1 aromatic rings. The summed E-state index contributed by atoms with van der Waals surface area (Å²) >= 11 is 10.0. The molecular formula is C9H13BrClNO3S2. The lowest BCUT2D eigenvalue weighted by Gasteiger charge is -2.24. The van der Waals surface area contributed by atoms with E-state index in [1.807, 2.05) is 0 Å². The minimum Gasteiger partial charge on any atom is -0.396 e. The molecule has 0 atom stereocenters. The number of rotatable bonds is 5. The molecule has 0 aliphatic carbocycles. The van der Waals surface area contributed by atoms with Crippen molar-refractivity contribution in [3.63, 3.8) is 0 Å². The Morgan fingerprint density at radius 3 is 2.59 bits per heavy atom. The van der Waals surface area contributed by atoms with E-state index >= 15 is 0 Å². The van der Waals surface area contributed by atoms with Gasteiger partial charge in [0.15, 0.2) is 0 Å². The van der Waals surface area contributed by atoms with E-state index in [1.54, 1.807) is 13.8 Å². The highest BCUT2D eigenvalue weighted by Gasteiger charge is 2.27. The van der Waals surface area contributed by atoms with Gasteiger partial charge < -0.3 is 5.11 Å². The van der Waals surface area contributed by atoms with Gasteiger partial charge in [-0.25, -0.2) is 13.1 Å². The Balaban J connectivity index is 2.97. The fourth-order valence-electron chi connectivity index (χ4n) is 1.20. The summed E-state index contributed by atoms with van der Waals surface area (Å²) in [6.07, 6.45) is 0.340. The van der Waals surface area contributed by atoms with Gasteiger partial charge in [-0.05, 0) is 42.3 Å². The zero-order valence-electron chi connectivity index (χ0n) is 9.33. The molecule has 0 radical (unpaired) electrons. The lowest BCUT2D eigenvalue weighted by Crippen LogP contribution is -2.43. The molecule has 0 aliphatic rings. The van der Waals surface area contributed by atoms with Crippen LogP contribution in [-0.4, -0.2) is 25.7 Å². The minimum absolute atomic E-state index is 0.0790. The quantitative estimate of drug-likeness (QED) is 0.846. The van der Waals surface area contributed by atoms with E-state index in [0.717, 1.165) is 11.3 Å². The highest BCUT2D eigenvalue weighted by Crippen LogP contribution is 2.34. The van der Waals surface area contributed by atoms with Crippen LogP contribution < -0.4 is 4.72 Å². The highest BCUT2D eigenvalue weighted by atomic mass is 79.9. The third-order valence-electron chi connectivity index (χ3n) is 2.03. The summed E-state index contributed by atoms with van der Waals surface area (Å²) in [7, 11) is -3.60. The molecule has 98 valence electrons. The van der Waals surface area contributed by atoms with Crippen LogP contribution in [0.1, 0.15) is 20.3 Å². The molecular weight excluding hydrogens is 350 g/mol. The monoisotopic (exact) mass is 361 g/mol. The zero-order valence-corrected chi connectivity index (χ0v) is 13.3. The Hall–Kier alpha value is 0.340. The standard InChI is InChI=1S/C9H13BrClNO3S2/c1-9(2,3-4-13)12-17(14,15)7-5-6(11)8(10)16-7/h5,12-13H,3-4H2,1-2H3. The van der Waals surface area contributed by atoms with Gasteiger partial charge in [-0.1, -0.05) is 11.6 Å². The second-order valence-corrected chi connectivity index (χ2v) is 8.84. The van der Waals surface area contributed by atoms with E-state index in [0.29, 0.717) is 15.2 Å². The van der Waals surface area contributed by atoms with Crippen molar-refractivity contribution >= 4 is 48.9 Å². The first-order valence-electron chi connectivity index (χ1n) is 4.77. The van der Waals surface area contributed by atoms with Crippen molar-refractivity contribution in [1.82, 2.24) is 4.72 Å². The normalized spacial score (nSPS) is 13.0. The number of halogens is 2. The van der Waals surface area contributed by atoms with Crippen LogP contribution in [0, 0.1) is 0 Å². The molecule has 0 amide bonds. The summed E-state index contributed by atoms with van der Waals surface area (Å²) in [5.41, 5.74) is -0.698. The fourth-order valence-corrected chi connectivity index (χ4v) is 5.04. The summed E-state index contributed by atoms with van der Waals surface area (Å²) in [6.45, 7) is 3.35. The van der Waals surface area contributed by atoms with Gasteiger partial charge in [0, 0.05) is 12.1 Å². The molecule has 2 N–H and O–H groups in total. The molecule has 0 fully saturated rings. The summed E-state index contributed by atoms with van der Waals surface area (Å²) in [5, 5.41) is 9.23. The molecule has 0 aliphatic heterocycles. The number of aliphatic hydroxyl groups is 1. The van der Waals surface area contributed by atoms with Crippen molar-refractivity contribution in [2.75, 3.05) is 6.61 Å². The van der Waals surface area contributed by atoms with Crippen LogP contribution in [0.25, 0.3) is 0 Å². The summed E-state index contributed by atoms with van der Waals surface area (Å²) in [6, 6.07) is 1.40. The molecule has 0 saturated carbocycles. The molecule has 1 heterocycles.